The van der Waals surface area contributed by atoms with Gasteiger partial charge in [-0.05, 0) is 59.1 Å². The summed E-state index contributed by atoms with van der Waals surface area (Å²) in [5.41, 5.74) is 0.420. The molecule has 0 fully saturated rings. The van der Waals surface area contributed by atoms with Gasteiger partial charge < -0.3 is 9.05 Å². The lowest BCUT2D eigenvalue weighted by atomic mass is 9.92. The van der Waals surface area contributed by atoms with Gasteiger partial charge >= 0.3 is 7.60 Å². The summed E-state index contributed by atoms with van der Waals surface area (Å²) in [6, 6.07) is 12.5. The Hall–Kier alpha value is -1.13. The van der Waals surface area contributed by atoms with Gasteiger partial charge in [0, 0.05) is 15.6 Å². The third-order valence-electron chi connectivity index (χ3n) is 5.50. The zero-order chi connectivity index (χ0) is 25.7. The van der Waals surface area contributed by atoms with Gasteiger partial charge in [0.2, 0.25) is 10.0 Å². The number of nitrogens with one attached hydrogen (secondary N) is 1. The van der Waals surface area contributed by atoms with Gasteiger partial charge in [-0.2, -0.15) is 4.72 Å². The summed E-state index contributed by atoms with van der Waals surface area (Å²) < 4.78 is 57.2. The van der Waals surface area contributed by atoms with Crippen LogP contribution >= 0.6 is 39.5 Å². The van der Waals surface area contributed by atoms with Gasteiger partial charge in [-0.3, -0.25) is 9.36 Å². The molecule has 1 unspecified atom stereocenters. The third-order valence-corrected chi connectivity index (χ3v) is 10.6. The molecule has 1 atom stereocenters. The van der Waals surface area contributed by atoms with Crippen LogP contribution in [-0.4, -0.2) is 27.4 Å². The minimum absolute atomic E-state index is 0.0346. The van der Waals surface area contributed by atoms with Crippen LogP contribution in [0.15, 0.2) is 68.5 Å². The predicted molar refractivity (Wildman–Crippen MR) is 143 cm³/mol. The molecule has 0 aliphatic heterocycles. The number of carbonyl (C=O) groups excluding carboxylic acids is 1. The summed E-state index contributed by atoms with van der Waals surface area (Å²) in [5, 5.41) is -1.97. The van der Waals surface area contributed by atoms with Crippen molar-refractivity contribution in [3.63, 3.8) is 0 Å². The van der Waals surface area contributed by atoms with Crippen molar-refractivity contribution < 1.29 is 26.8 Å². The van der Waals surface area contributed by atoms with Crippen molar-refractivity contribution in [1.82, 2.24) is 4.72 Å². The minimum atomic E-state index is -4.27. The number of allylic oxidation sites excluding steroid dienone is 1. The lowest BCUT2D eigenvalue weighted by molar-refractivity contribution is 0.103. The second kappa shape index (κ2) is 11.9. The molecule has 1 aliphatic rings. The van der Waals surface area contributed by atoms with Crippen molar-refractivity contribution in [2.75, 3.05) is 13.2 Å². The lowest BCUT2D eigenvalue weighted by Gasteiger charge is -2.40. The van der Waals surface area contributed by atoms with Crippen LogP contribution in [0, 0.1) is 0 Å². The van der Waals surface area contributed by atoms with E-state index < -0.39 is 22.9 Å². The summed E-state index contributed by atoms with van der Waals surface area (Å²) in [6.45, 7) is 4.12. The van der Waals surface area contributed by atoms with Crippen molar-refractivity contribution in [1.29, 1.82) is 0 Å². The number of rotatable bonds is 12. The molecule has 1 N–H and O–H groups in total. The van der Waals surface area contributed by atoms with E-state index in [0.29, 0.717) is 17.3 Å². The second-order valence-electron chi connectivity index (χ2n) is 8.06. The average molecular weight is 649 g/mol. The Morgan fingerprint density at radius 2 is 1.51 bits per heavy atom. The van der Waals surface area contributed by atoms with Crippen molar-refractivity contribution in [2.24, 2.45) is 0 Å². The zero-order valence-corrected chi connectivity index (χ0v) is 24.4. The topological polar surface area (TPSA) is 98.8 Å². The molecule has 0 saturated heterocycles. The zero-order valence-electron chi connectivity index (χ0n) is 19.5. The van der Waals surface area contributed by atoms with E-state index in [2.05, 4.69) is 36.6 Å². The van der Waals surface area contributed by atoms with Crippen molar-refractivity contribution >= 4 is 55.3 Å². The number of carbonyl (C=O) groups is 1. The quantitative estimate of drug-likeness (QED) is 0.199. The molecule has 0 heterocycles. The number of hydrogen-bond acceptors (Lipinski definition) is 6. The van der Waals surface area contributed by atoms with Gasteiger partial charge in [0.15, 0.2) is 11.1 Å². The van der Waals surface area contributed by atoms with E-state index >= 15 is 0 Å². The standard InChI is InChI=1S/C24H28Br2NO6PS/c1-3-5-15-32-34(29,33-16-6-4-2)24(27-35(30,31)19-13-11-18(25)12-14-19)17-22(26)23(28)20-9-7-8-10-21(20)24/h7-14,17,27H,3-6,15-16H2,1-2H3. The first-order valence-electron chi connectivity index (χ1n) is 11.3. The molecule has 35 heavy (non-hydrogen) atoms. The molecule has 0 saturated carbocycles. The molecule has 0 amide bonds. The smallest absolute Gasteiger partial charge is 0.307 e. The van der Waals surface area contributed by atoms with Crippen LogP contribution in [-0.2, 0) is 28.9 Å². The molecule has 0 radical (unpaired) electrons. The fourth-order valence-corrected chi connectivity index (χ4v) is 8.61. The maximum absolute atomic E-state index is 14.7. The highest BCUT2D eigenvalue weighted by Gasteiger charge is 2.57. The summed E-state index contributed by atoms with van der Waals surface area (Å²) in [4.78, 5) is 12.9. The predicted octanol–water partition coefficient (Wildman–Crippen LogP) is 6.88. The summed E-state index contributed by atoms with van der Waals surface area (Å²) in [6.07, 6.45) is 4.07. The van der Waals surface area contributed by atoms with Crippen LogP contribution in [0.5, 0.6) is 0 Å². The van der Waals surface area contributed by atoms with Gasteiger partial charge in [0.05, 0.1) is 22.6 Å². The molecule has 190 valence electrons. The molecule has 0 spiro atoms. The van der Waals surface area contributed by atoms with Gasteiger partial charge in [-0.1, -0.05) is 66.9 Å². The van der Waals surface area contributed by atoms with Gasteiger partial charge in [-0.15, -0.1) is 0 Å². The fourth-order valence-electron chi connectivity index (χ4n) is 3.61. The van der Waals surface area contributed by atoms with Gasteiger partial charge in [0.25, 0.3) is 0 Å². The molecule has 0 bridgehead atoms. The first-order valence-corrected chi connectivity index (χ1v) is 15.9. The number of sulfonamides is 1. The lowest BCUT2D eigenvalue weighted by Crippen LogP contribution is -2.47. The van der Waals surface area contributed by atoms with E-state index in [9.17, 15) is 17.8 Å². The molecule has 11 heteroatoms. The van der Waals surface area contributed by atoms with Crippen molar-refractivity contribution in [3.8, 4) is 0 Å². The first-order chi connectivity index (χ1) is 16.6. The molecule has 2 aromatic rings. The van der Waals surface area contributed by atoms with E-state index in [0.717, 1.165) is 12.8 Å². The monoisotopic (exact) mass is 647 g/mol. The van der Waals surface area contributed by atoms with E-state index in [1.54, 1.807) is 36.4 Å². The third kappa shape index (κ3) is 6.06. The number of ketones is 1. The van der Waals surface area contributed by atoms with Crippen molar-refractivity contribution in [3.05, 3.63) is 74.7 Å². The summed E-state index contributed by atoms with van der Waals surface area (Å²) in [5.74, 6) is -0.354. The second-order valence-corrected chi connectivity index (χ2v) is 13.7. The number of hydrogen-bond donors (Lipinski definition) is 1. The van der Waals surface area contributed by atoms with Crippen LogP contribution in [0.3, 0.4) is 0 Å². The number of benzene rings is 2. The highest BCUT2D eigenvalue weighted by Crippen LogP contribution is 2.67. The first kappa shape index (κ1) is 28.4. The summed E-state index contributed by atoms with van der Waals surface area (Å²) in [7, 11) is -8.51. The number of Topliss-reactive ketones (excluding diaryl/α,β-unsaturated/α-hetero) is 1. The highest BCUT2D eigenvalue weighted by molar-refractivity contribution is 9.12. The van der Waals surface area contributed by atoms with Crippen molar-refractivity contribution in [2.45, 2.75) is 49.7 Å². The Balaban J connectivity index is 2.26. The van der Waals surface area contributed by atoms with Crippen LogP contribution in [0.4, 0.5) is 0 Å². The number of halogens is 2. The van der Waals surface area contributed by atoms with E-state index in [4.69, 9.17) is 9.05 Å². The molecule has 1 aliphatic carbocycles. The molecule has 3 rings (SSSR count). The van der Waals surface area contributed by atoms with E-state index in [-0.39, 0.29) is 39.5 Å². The molecular weight excluding hydrogens is 621 g/mol. The van der Waals surface area contributed by atoms with Crippen LogP contribution in [0.1, 0.15) is 55.5 Å². The highest BCUT2D eigenvalue weighted by atomic mass is 79.9. The van der Waals surface area contributed by atoms with Crippen LogP contribution in [0.2, 0.25) is 0 Å². The maximum atomic E-state index is 14.7. The van der Waals surface area contributed by atoms with Crippen LogP contribution < -0.4 is 4.72 Å². The number of fused-ring (bicyclic) bond motifs is 1. The number of unbranched alkanes of at least 4 members (excludes halogenated alkanes) is 2. The maximum Gasteiger partial charge on any atom is 0.360 e. The Kier molecular flexibility index (Phi) is 9.71. The molecule has 0 aromatic heterocycles. The molecule has 2 aromatic carbocycles. The molecule has 7 nitrogen and oxygen atoms in total. The molecular formula is C24H28Br2NO6PS. The Labute approximate surface area is 223 Å². The minimum Gasteiger partial charge on any atom is -0.307 e. The van der Waals surface area contributed by atoms with E-state index in [1.807, 2.05) is 13.8 Å². The Bertz CT molecular complexity index is 1230. The average Bonchev–Trinajstić information content (AvgIpc) is 2.83. The largest absolute Gasteiger partial charge is 0.360 e. The van der Waals surface area contributed by atoms with Gasteiger partial charge in [-0.25, -0.2) is 8.42 Å². The Morgan fingerprint density at radius 3 is 2.09 bits per heavy atom. The normalized spacial score (nSPS) is 18.3. The van der Waals surface area contributed by atoms with Crippen LogP contribution in [0.25, 0.3) is 0 Å². The Morgan fingerprint density at radius 1 is 0.943 bits per heavy atom. The van der Waals surface area contributed by atoms with E-state index in [1.165, 1.54) is 18.2 Å². The SMILES string of the molecule is CCCCOP(=O)(OCCCC)C1(NS(=O)(=O)c2ccc(Br)cc2)C=C(Br)C(=O)c2ccccc21. The fraction of sp³-hybridized carbons (Fsp3) is 0.375. The van der Waals surface area contributed by atoms with Gasteiger partial charge in [0.1, 0.15) is 0 Å². The summed E-state index contributed by atoms with van der Waals surface area (Å²) >= 11 is 6.57.